The Labute approximate surface area is 102 Å². The summed E-state index contributed by atoms with van der Waals surface area (Å²) >= 11 is 1.90. The molecule has 0 bridgehead atoms. The number of nitrogens with zero attached hydrogens (tertiary/aromatic N) is 1. The fraction of sp³-hybridized carbons (Fsp3) is 0.917. The molecular formula is C12H22N2OS. The van der Waals surface area contributed by atoms with Gasteiger partial charge in [0.05, 0.1) is 12.1 Å². The zero-order valence-electron chi connectivity index (χ0n) is 10.5. The highest BCUT2D eigenvalue weighted by molar-refractivity contribution is 8.14. The van der Waals surface area contributed by atoms with Gasteiger partial charge in [0.2, 0.25) is 0 Å². The summed E-state index contributed by atoms with van der Waals surface area (Å²) in [6.45, 7) is 8.40. The van der Waals surface area contributed by atoms with Crippen LogP contribution in [0.25, 0.3) is 0 Å². The van der Waals surface area contributed by atoms with Crippen molar-refractivity contribution in [1.29, 1.82) is 0 Å². The third kappa shape index (κ3) is 3.14. The third-order valence-corrected chi connectivity index (χ3v) is 4.48. The van der Waals surface area contributed by atoms with E-state index in [0.717, 1.165) is 31.2 Å². The Hall–Kier alpha value is -0.220. The fourth-order valence-electron chi connectivity index (χ4n) is 2.24. The van der Waals surface area contributed by atoms with Crippen molar-refractivity contribution in [1.82, 2.24) is 5.32 Å². The molecule has 2 unspecified atom stereocenters. The Morgan fingerprint density at radius 3 is 3.00 bits per heavy atom. The summed E-state index contributed by atoms with van der Waals surface area (Å²) in [7, 11) is 0. The number of thioether (sulfide) groups is 1. The predicted octanol–water partition coefficient (Wildman–Crippen LogP) is 2.42. The molecule has 4 heteroatoms. The first-order chi connectivity index (χ1) is 7.59. The number of amidine groups is 1. The van der Waals surface area contributed by atoms with Gasteiger partial charge in [-0.2, -0.15) is 0 Å². The van der Waals surface area contributed by atoms with Gasteiger partial charge in [-0.1, -0.05) is 18.7 Å². The van der Waals surface area contributed by atoms with Crippen molar-refractivity contribution in [3.8, 4) is 0 Å². The van der Waals surface area contributed by atoms with Gasteiger partial charge in [-0.05, 0) is 33.1 Å². The Balaban J connectivity index is 1.82. The summed E-state index contributed by atoms with van der Waals surface area (Å²) in [5, 5.41) is 5.41. The lowest BCUT2D eigenvalue weighted by Crippen LogP contribution is -2.45. The minimum atomic E-state index is 0.0178. The summed E-state index contributed by atoms with van der Waals surface area (Å²) in [6, 6.07) is 0.533. The van der Waals surface area contributed by atoms with E-state index in [1.54, 1.807) is 0 Å². The molecule has 0 aliphatic carbocycles. The number of rotatable bonds is 2. The van der Waals surface area contributed by atoms with Crippen LogP contribution in [0, 0.1) is 0 Å². The van der Waals surface area contributed by atoms with Crippen LogP contribution in [-0.4, -0.2) is 35.2 Å². The van der Waals surface area contributed by atoms with Crippen LogP contribution >= 0.6 is 11.8 Å². The monoisotopic (exact) mass is 242 g/mol. The van der Waals surface area contributed by atoms with Gasteiger partial charge in [0, 0.05) is 17.9 Å². The van der Waals surface area contributed by atoms with Crippen LogP contribution in [0.2, 0.25) is 0 Å². The molecule has 1 saturated heterocycles. The van der Waals surface area contributed by atoms with Gasteiger partial charge >= 0.3 is 0 Å². The molecule has 1 fully saturated rings. The second-order valence-electron chi connectivity index (χ2n) is 5.24. The van der Waals surface area contributed by atoms with E-state index in [9.17, 15) is 0 Å². The lowest BCUT2D eigenvalue weighted by Gasteiger charge is -2.36. The molecule has 0 spiro atoms. The van der Waals surface area contributed by atoms with Crippen molar-refractivity contribution >= 4 is 16.9 Å². The summed E-state index contributed by atoms with van der Waals surface area (Å²) < 4.78 is 5.72. The molecule has 2 aliphatic heterocycles. The van der Waals surface area contributed by atoms with Crippen LogP contribution < -0.4 is 5.32 Å². The highest BCUT2D eigenvalue weighted by Crippen LogP contribution is 2.27. The molecule has 0 aromatic heterocycles. The van der Waals surface area contributed by atoms with E-state index >= 15 is 0 Å². The maximum Gasteiger partial charge on any atom is 0.157 e. The molecule has 92 valence electrons. The van der Waals surface area contributed by atoms with Crippen LogP contribution in [0.15, 0.2) is 4.99 Å². The van der Waals surface area contributed by atoms with E-state index < -0.39 is 0 Å². The molecular weight excluding hydrogens is 220 g/mol. The molecule has 0 amide bonds. The normalized spacial score (nSPS) is 33.6. The molecule has 0 aromatic rings. The largest absolute Gasteiger partial charge is 0.375 e. The third-order valence-electron chi connectivity index (χ3n) is 3.20. The van der Waals surface area contributed by atoms with Crippen molar-refractivity contribution in [3.05, 3.63) is 0 Å². The molecule has 0 radical (unpaired) electrons. The quantitative estimate of drug-likeness (QED) is 0.807. The second kappa shape index (κ2) is 4.96. The van der Waals surface area contributed by atoms with Gasteiger partial charge in [-0.3, -0.25) is 4.99 Å². The first kappa shape index (κ1) is 12.2. The Morgan fingerprint density at radius 2 is 2.38 bits per heavy atom. The van der Waals surface area contributed by atoms with Crippen LogP contribution in [0.1, 0.15) is 40.0 Å². The molecule has 0 saturated carbocycles. The van der Waals surface area contributed by atoms with Gasteiger partial charge in [0.15, 0.2) is 5.17 Å². The van der Waals surface area contributed by atoms with E-state index in [0.29, 0.717) is 11.3 Å². The van der Waals surface area contributed by atoms with Gasteiger partial charge in [-0.15, -0.1) is 0 Å². The summed E-state index contributed by atoms with van der Waals surface area (Å²) in [5.41, 5.74) is 0.0178. The van der Waals surface area contributed by atoms with E-state index in [1.807, 2.05) is 11.8 Å². The second-order valence-corrected chi connectivity index (χ2v) is 6.53. The van der Waals surface area contributed by atoms with Gasteiger partial charge in [0.25, 0.3) is 0 Å². The molecule has 16 heavy (non-hydrogen) atoms. The molecule has 2 aliphatic rings. The summed E-state index contributed by atoms with van der Waals surface area (Å²) in [4.78, 5) is 4.56. The number of nitrogens with one attached hydrogen (secondary N) is 1. The lowest BCUT2D eigenvalue weighted by atomic mass is 9.94. The molecule has 0 aromatic carbocycles. The van der Waals surface area contributed by atoms with Crippen LogP contribution in [0.3, 0.4) is 0 Å². The first-order valence-corrected chi connectivity index (χ1v) is 7.08. The number of hydrogen-bond acceptors (Lipinski definition) is 4. The van der Waals surface area contributed by atoms with E-state index in [4.69, 9.17) is 4.74 Å². The zero-order valence-corrected chi connectivity index (χ0v) is 11.3. The number of ether oxygens (including phenoxy) is 1. The highest BCUT2D eigenvalue weighted by atomic mass is 32.2. The maximum atomic E-state index is 5.72. The molecule has 3 nitrogen and oxygen atoms in total. The Kier molecular flexibility index (Phi) is 3.80. The highest BCUT2D eigenvalue weighted by Gasteiger charge is 2.30. The standard InChI is InChI=1S/C12H22N2OS/c1-4-10-8-13-11(16-10)14-9-5-6-15-12(2,3)7-9/h9-10H,4-8H2,1-3H3,(H,13,14). The average molecular weight is 242 g/mol. The van der Waals surface area contributed by atoms with E-state index in [1.165, 1.54) is 6.42 Å². The van der Waals surface area contributed by atoms with Crippen molar-refractivity contribution in [2.45, 2.75) is 56.9 Å². The lowest BCUT2D eigenvalue weighted by molar-refractivity contribution is -0.0603. The Morgan fingerprint density at radius 1 is 1.56 bits per heavy atom. The fourth-order valence-corrected chi connectivity index (χ4v) is 3.25. The van der Waals surface area contributed by atoms with Crippen molar-refractivity contribution in [2.24, 2.45) is 4.99 Å². The minimum absolute atomic E-state index is 0.0178. The minimum Gasteiger partial charge on any atom is -0.375 e. The topological polar surface area (TPSA) is 33.6 Å². The first-order valence-electron chi connectivity index (χ1n) is 6.20. The van der Waals surface area contributed by atoms with Gasteiger partial charge in [-0.25, -0.2) is 0 Å². The Bertz CT molecular complexity index is 278. The molecule has 2 heterocycles. The SMILES string of the molecule is CCC1CN=C(NC2CCOC(C)(C)C2)S1. The molecule has 2 atom stereocenters. The summed E-state index contributed by atoms with van der Waals surface area (Å²) in [5.74, 6) is 0. The zero-order chi connectivity index (χ0) is 11.6. The van der Waals surface area contributed by atoms with Gasteiger partial charge in [0.1, 0.15) is 0 Å². The number of hydrogen-bond donors (Lipinski definition) is 1. The molecule has 1 N–H and O–H groups in total. The maximum absolute atomic E-state index is 5.72. The van der Waals surface area contributed by atoms with Crippen molar-refractivity contribution < 1.29 is 4.74 Å². The van der Waals surface area contributed by atoms with Crippen LogP contribution in [0.5, 0.6) is 0 Å². The van der Waals surface area contributed by atoms with Crippen LogP contribution in [0.4, 0.5) is 0 Å². The van der Waals surface area contributed by atoms with Crippen LogP contribution in [-0.2, 0) is 4.74 Å². The number of aliphatic imine (C=N–C) groups is 1. The smallest absolute Gasteiger partial charge is 0.157 e. The molecule has 2 rings (SSSR count). The van der Waals surface area contributed by atoms with E-state index in [-0.39, 0.29) is 5.60 Å². The van der Waals surface area contributed by atoms with Gasteiger partial charge < -0.3 is 10.1 Å². The average Bonchev–Trinajstić information content (AvgIpc) is 2.64. The summed E-state index contributed by atoms with van der Waals surface area (Å²) in [6.07, 6.45) is 3.38. The van der Waals surface area contributed by atoms with Crippen molar-refractivity contribution in [3.63, 3.8) is 0 Å². The van der Waals surface area contributed by atoms with E-state index in [2.05, 4.69) is 31.1 Å². The predicted molar refractivity (Wildman–Crippen MR) is 70.2 cm³/mol. The van der Waals surface area contributed by atoms with Crippen molar-refractivity contribution in [2.75, 3.05) is 13.2 Å².